The van der Waals surface area contributed by atoms with Crippen molar-refractivity contribution in [1.82, 2.24) is 10.3 Å². The van der Waals surface area contributed by atoms with E-state index in [1.54, 1.807) is 19.2 Å². The van der Waals surface area contributed by atoms with Crippen molar-refractivity contribution in [3.63, 3.8) is 0 Å². The zero-order valence-corrected chi connectivity index (χ0v) is 18.0. The van der Waals surface area contributed by atoms with Crippen LogP contribution in [0.3, 0.4) is 0 Å². The number of thiazole rings is 1. The first-order chi connectivity index (χ1) is 15.2. The molecule has 0 bridgehead atoms. The van der Waals surface area contributed by atoms with Crippen molar-refractivity contribution in [2.75, 3.05) is 11.9 Å². The van der Waals surface area contributed by atoms with Crippen LogP contribution in [-0.2, 0) is 17.4 Å². The van der Waals surface area contributed by atoms with Crippen molar-refractivity contribution in [1.29, 1.82) is 0 Å². The van der Waals surface area contributed by atoms with Crippen LogP contribution in [0.4, 0.5) is 22.7 Å². The van der Waals surface area contributed by atoms with Crippen LogP contribution >= 0.6 is 11.3 Å². The van der Waals surface area contributed by atoms with Crippen LogP contribution < -0.4 is 16.4 Å². The van der Waals surface area contributed by atoms with Gasteiger partial charge in [-0.2, -0.15) is 13.2 Å². The summed E-state index contributed by atoms with van der Waals surface area (Å²) in [5.41, 5.74) is 6.88. The van der Waals surface area contributed by atoms with Gasteiger partial charge in [0.05, 0.1) is 16.1 Å². The average Bonchev–Trinajstić information content (AvgIpc) is 3.39. The second-order valence-corrected chi connectivity index (χ2v) is 8.21. The first kappa shape index (κ1) is 23.7. The van der Waals surface area contributed by atoms with E-state index in [0.717, 1.165) is 17.0 Å². The summed E-state index contributed by atoms with van der Waals surface area (Å²) in [4.78, 5) is 16.2. The minimum absolute atomic E-state index is 0.156. The lowest BCUT2D eigenvalue weighted by atomic mass is 10.0. The molecule has 5 nitrogen and oxygen atoms in total. The van der Waals surface area contributed by atoms with Crippen molar-refractivity contribution in [2.45, 2.75) is 32.0 Å². The Kier molecular flexibility index (Phi) is 7.47. The Balaban J connectivity index is 1.55. The molecule has 0 aliphatic carbocycles. The fourth-order valence-electron chi connectivity index (χ4n) is 3.03. The van der Waals surface area contributed by atoms with Gasteiger partial charge in [0.15, 0.2) is 5.13 Å². The number of nitrogens with two attached hydrogens (primary N) is 1. The van der Waals surface area contributed by atoms with Crippen LogP contribution in [0.1, 0.15) is 29.3 Å². The van der Waals surface area contributed by atoms with Crippen molar-refractivity contribution in [3.05, 3.63) is 76.2 Å². The molecule has 3 rings (SSSR count). The van der Waals surface area contributed by atoms with Gasteiger partial charge in [-0.15, -0.1) is 0 Å². The summed E-state index contributed by atoms with van der Waals surface area (Å²) in [6, 6.07) is 4.59. The zero-order valence-electron chi connectivity index (χ0n) is 17.2. The number of nitrogens with one attached hydrogen (secondary N) is 2. The number of anilines is 1. The molecule has 0 radical (unpaired) electrons. The summed E-state index contributed by atoms with van der Waals surface area (Å²) in [5.74, 6) is -0.784. The summed E-state index contributed by atoms with van der Waals surface area (Å²) in [7, 11) is 0. The lowest BCUT2D eigenvalue weighted by Crippen LogP contribution is -2.31. The minimum Gasteiger partial charge on any atom is -0.360 e. The van der Waals surface area contributed by atoms with E-state index in [-0.39, 0.29) is 24.1 Å². The molecule has 0 unspecified atom stereocenters. The summed E-state index contributed by atoms with van der Waals surface area (Å²) in [6.45, 7) is 2.13. The molecule has 1 aromatic carbocycles. The number of nitrogens with zero attached hydrogens (tertiary/aromatic N) is 1. The van der Waals surface area contributed by atoms with Gasteiger partial charge in [0.25, 0.3) is 0 Å². The molecule has 2 heterocycles. The summed E-state index contributed by atoms with van der Waals surface area (Å²) >= 11 is 1.31. The molecule has 32 heavy (non-hydrogen) atoms. The Morgan fingerprint density at radius 2 is 2.06 bits per heavy atom. The minimum atomic E-state index is -4.36. The summed E-state index contributed by atoms with van der Waals surface area (Å²) in [5, 5.41) is 6.15. The molecule has 0 saturated carbocycles. The van der Waals surface area contributed by atoms with Crippen molar-refractivity contribution >= 4 is 27.9 Å². The fourth-order valence-corrected chi connectivity index (χ4v) is 3.90. The highest BCUT2D eigenvalue weighted by Gasteiger charge is 2.30. The van der Waals surface area contributed by atoms with Crippen LogP contribution in [0, 0.1) is 0 Å². The van der Waals surface area contributed by atoms with Crippen LogP contribution in [-0.4, -0.2) is 23.5 Å². The Morgan fingerprint density at radius 3 is 2.66 bits per heavy atom. The van der Waals surface area contributed by atoms with E-state index >= 15 is 0 Å². The van der Waals surface area contributed by atoms with E-state index in [0.29, 0.717) is 29.2 Å². The van der Waals surface area contributed by atoms with Crippen molar-refractivity contribution < 1.29 is 22.4 Å². The third-order valence-corrected chi connectivity index (χ3v) is 5.71. The van der Waals surface area contributed by atoms with Crippen LogP contribution in [0.5, 0.6) is 0 Å². The summed E-state index contributed by atoms with van der Waals surface area (Å²) in [6.07, 6.45) is 2.38. The topological polar surface area (TPSA) is 80.0 Å². The smallest absolute Gasteiger partial charge is 0.360 e. The van der Waals surface area contributed by atoms with E-state index in [4.69, 9.17) is 5.73 Å². The van der Waals surface area contributed by atoms with Gasteiger partial charge in [-0.3, -0.25) is 4.79 Å². The number of aromatic nitrogens is 1. The van der Waals surface area contributed by atoms with E-state index in [1.165, 1.54) is 35.6 Å². The molecule has 0 fully saturated rings. The highest BCUT2D eigenvalue weighted by atomic mass is 32.1. The second-order valence-electron chi connectivity index (χ2n) is 7.18. The first-order valence-corrected chi connectivity index (χ1v) is 10.6. The van der Waals surface area contributed by atoms with Gasteiger partial charge in [0, 0.05) is 25.2 Å². The predicted octanol–water partition coefficient (Wildman–Crippen LogP) is 4.80. The van der Waals surface area contributed by atoms with Gasteiger partial charge < -0.3 is 16.4 Å². The van der Waals surface area contributed by atoms with Crippen molar-refractivity contribution in [2.24, 2.45) is 5.73 Å². The van der Waals surface area contributed by atoms with Gasteiger partial charge in [-0.1, -0.05) is 29.5 Å². The Morgan fingerprint density at radius 1 is 1.34 bits per heavy atom. The average molecular weight is 467 g/mol. The second kappa shape index (κ2) is 10.1. The molecule has 1 amide bonds. The molecule has 1 aliphatic rings. The molecule has 4 N–H and O–H groups in total. The normalized spacial score (nSPS) is 16.1. The van der Waals surface area contributed by atoms with Gasteiger partial charge in [-0.25, -0.2) is 9.37 Å². The van der Waals surface area contributed by atoms with Crippen LogP contribution in [0.25, 0.3) is 5.57 Å². The van der Waals surface area contributed by atoms with E-state index < -0.39 is 17.6 Å². The molecule has 1 aromatic heterocycles. The predicted molar refractivity (Wildman–Crippen MR) is 117 cm³/mol. The Hall–Kier alpha value is -2.98. The molecule has 0 spiro atoms. The molecule has 1 aliphatic heterocycles. The fraction of sp³-hybridized carbons (Fsp3) is 0.273. The highest BCUT2D eigenvalue weighted by molar-refractivity contribution is 7.16. The monoisotopic (exact) mass is 466 g/mol. The molecule has 170 valence electrons. The maximum absolute atomic E-state index is 14.4. The van der Waals surface area contributed by atoms with Gasteiger partial charge >= 0.3 is 6.18 Å². The highest BCUT2D eigenvalue weighted by Crippen LogP contribution is 2.30. The Labute approximate surface area is 186 Å². The van der Waals surface area contributed by atoms with Gasteiger partial charge in [0.2, 0.25) is 5.91 Å². The standard InChI is InChI=1S/C22H22F4N4OS/c1-2-14(10-17(23)18-7-8-20(31)30-18)19-12-29-21(32-19)28-11-16(27)9-13-3-5-15(6-4-13)22(24,25)26/h2-7,10,12,16H,8-9,11,27H2,1H3,(H,28,29)(H,30,31)/b14-2+,17-10+/t16-/m0/s1. The van der Waals surface area contributed by atoms with Crippen LogP contribution in [0.2, 0.25) is 0 Å². The van der Waals surface area contributed by atoms with E-state index in [2.05, 4.69) is 15.6 Å². The Bertz CT molecular complexity index is 1050. The molecular weight excluding hydrogens is 444 g/mol. The third-order valence-electron chi connectivity index (χ3n) is 4.70. The maximum Gasteiger partial charge on any atom is 0.416 e. The number of allylic oxidation sites excluding steroid dienone is 4. The number of hydrogen-bond donors (Lipinski definition) is 3. The molecule has 2 aromatic rings. The lowest BCUT2D eigenvalue weighted by molar-refractivity contribution is -0.137. The van der Waals surface area contributed by atoms with E-state index in [9.17, 15) is 22.4 Å². The van der Waals surface area contributed by atoms with Gasteiger partial charge in [-0.05, 0) is 48.8 Å². The quantitative estimate of drug-likeness (QED) is 0.386. The molecule has 0 saturated heterocycles. The third kappa shape index (κ3) is 6.27. The van der Waals surface area contributed by atoms with Crippen LogP contribution in [0.15, 0.2) is 60.2 Å². The van der Waals surface area contributed by atoms with Crippen molar-refractivity contribution in [3.8, 4) is 0 Å². The summed E-state index contributed by atoms with van der Waals surface area (Å²) < 4.78 is 52.3. The van der Waals surface area contributed by atoms with E-state index in [1.807, 2.05) is 0 Å². The zero-order chi connectivity index (χ0) is 23.3. The number of rotatable bonds is 8. The SMILES string of the molecule is C/C=C(\C=C(\F)C1=CCC(=O)N1)c1cnc(NC[C@@H](N)Cc2ccc(C(F)(F)F)cc2)s1. The number of hydrogen-bond acceptors (Lipinski definition) is 5. The molecule has 1 atom stereocenters. The lowest BCUT2D eigenvalue weighted by Gasteiger charge is -2.13. The number of carbonyl (C=O) groups is 1. The number of halogens is 4. The van der Waals surface area contributed by atoms with Gasteiger partial charge in [0.1, 0.15) is 5.83 Å². The molecule has 10 heteroatoms. The molecular formula is C22H22F4N4OS. The number of alkyl halides is 3. The largest absolute Gasteiger partial charge is 0.416 e. The maximum atomic E-state index is 14.4. The number of benzene rings is 1. The number of amides is 1. The number of carbonyl (C=O) groups excluding carboxylic acids is 1. The first-order valence-electron chi connectivity index (χ1n) is 9.81.